The van der Waals surface area contributed by atoms with Crippen LogP contribution in [-0.4, -0.2) is 4.89 Å². The van der Waals surface area contributed by atoms with E-state index in [1.54, 1.807) is 0 Å². The Balaban J connectivity index is 3.47. The van der Waals surface area contributed by atoms with Gasteiger partial charge in [-0.15, -0.1) is 0 Å². The topological polar surface area (TPSA) is 37.3 Å². The first-order valence-corrected chi connectivity index (χ1v) is 5.19. The van der Waals surface area contributed by atoms with E-state index in [1.807, 2.05) is 0 Å². The molecule has 0 aromatic rings. The van der Waals surface area contributed by atoms with Gasteiger partial charge in [0.1, 0.15) is 0 Å². The van der Waals surface area contributed by atoms with Crippen LogP contribution >= 0.6 is 4.75 Å². The molecule has 1 atom stereocenters. The molecule has 0 aromatic carbocycles. The fraction of sp³-hybridized carbons (Fsp3) is 0. The van der Waals surface area contributed by atoms with Crippen LogP contribution < -0.4 is 0 Å². The number of hydrogen-bond acceptors (Lipinski definition) is 1. The summed E-state index contributed by atoms with van der Waals surface area (Å²) in [7, 11) is 0. The van der Waals surface area contributed by atoms with E-state index in [9.17, 15) is 4.57 Å². The molecular weight excluding hydrogens is 174 g/mol. The van der Waals surface area contributed by atoms with Gasteiger partial charge in [0.15, 0.2) is 0 Å². The van der Waals surface area contributed by atoms with E-state index in [0.29, 0.717) is 0 Å². The van der Waals surface area contributed by atoms with Crippen molar-refractivity contribution in [2.24, 2.45) is 0 Å². The van der Waals surface area contributed by atoms with Crippen LogP contribution in [0.4, 0.5) is 0 Å². The predicted molar refractivity (Wildman–Crippen MR) is 9.83 cm³/mol. The Morgan fingerprint density at radius 2 is 2.00 bits per heavy atom. The fourth-order valence-electron chi connectivity index (χ4n) is 0. The first kappa shape index (κ1) is 6.23. The van der Waals surface area contributed by atoms with Crippen molar-refractivity contribution in [3.05, 3.63) is 0 Å². The molecule has 0 aromatic heterocycles. The number of rotatable bonds is 0. The summed E-state index contributed by atoms with van der Waals surface area (Å²) < 4.78 is 6.50. The van der Waals surface area contributed by atoms with Gasteiger partial charge in [-0.25, -0.2) is 0 Å². The molecule has 1 unspecified atom stereocenters. The van der Waals surface area contributed by atoms with E-state index in [1.165, 1.54) is 0 Å². The monoisotopic (exact) mass is 175 g/mol. The van der Waals surface area contributed by atoms with E-state index in [-0.39, 0.29) is 0 Å². The molecule has 33 valence electrons. The van der Waals surface area contributed by atoms with Crippen molar-refractivity contribution in [3.8, 4) is 0 Å². The molecule has 2 nitrogen and oxygen atoms in total. The number of hydrogen-bond donors (Lipinski definition) is 1. The molecule has 0 aliphatic rings. The van der Waals surface area contributed by atoms with Gasteiger partial charge in [-0.1, -0.05) is 0 Å². The van der Waals surface area contributed by atoms with Gasteiger partial charge >= 0.3 is 45.3 Å². The van der Waals surface area contributed by atoms with Crippen molar-refractivity contribution in [1.29, 1.82) is 0 Å². The van der Waals surface area contributed by atoms with E-state index in [0.717, 1.165) is 0 Å². The van der Waals surface area contributed by atoms with Crippen molar-refractivity contribution < 1.29 is 40.6 Å². The van der Waals surface area contributed by atoms with Gasteiger partial charge in [0, 0.05) is 0 Å². The second-order valence-corrected chi connectivity index (χ2v) is 6.75. The zero-order chi connectivity index (χ0) is 4.50. The quantitative estimate of drug-likeness (QED) is 0.421. The average Bonchev–Trinajstić information content (AvgIpc) is 0.722. The molecule has 0 saturated carbocycles. The summed E-state index contributed by atoms with van der Waals surface area (Å²) in [4.78, 5) is 7.88. The van der Waals surface area contributed by atoms with Gasteiger partial charge in [0.05, 0.1) is 0 Å². The Labute approximate surface area is 45.6 Å². The van der Waals surface area contributed by atoms with Crippen molar-refractivity contribution in [3.63, 3.8) is 0 Å². The molecule has 0 radical (unpaired) electrons. The zero-order valence-corrected chi connectivity index (χ0v) is 5.21. The molecule has 5 heavy (non-hydrogen) atoms. The van der Waals surface area contributed by atoms with Gasteiger partial charge < -0.3 is 0 Å². The normalized spacial score (nSPS) is 21.4. The minimum absolute atomic E-state index is 2.38. The van der Waals surface area contributed by atoms with Gasteiger partial charge in [-0.3, -0.25) is 0 Å². The zero-order valence-electron chi connectivity index (χ0n) is 2.03. The van der Waals surface area contributed by atoms with Gasteiger partial charge in [0.25, 0.3) is 0 Å². The van der Waals surface area contributed by atoms with E-state index < -0.39 is 4.75 Å². The summed E-state index contributed by atoms with van der Waals surface area (Å²) in [5.74, 6) is 0. The SMILES string of the molecule is O=[P](O)([Mn])[Fe]. The summed E-state index contributed by atoms with van der Waals surface area (Å²) in [6.45, 7) is 0. The molecular formula is HFeMnO2P. The van der Waals surface area contributed by atoms with Crippen molar-refractivity contribution in [2.75, 3.05) is 0 Å². The molecule has 0 aliphatic heterocycles. The predicted octanol–water partition coefficient (Wildman–Crippen LogP) is 0.180. The molecule has 0 aliphatic carbocycles. The third kappa shape index (κ3) is 36.1. The molecule has 5 heteroatoms. The van der Waals surface area contributed by atoms with Crippen LogP contribution in [0.2, 0.25) is 0 Å². The third-order valence-electron chi connectivity index (χ3n) is 0. The third-order valence-corrected chi connectivity index (χ3v) is 0. The second-order valence-electron chi connectivity index (χ2n) is 0.421. The minimum atomic E-state index is -3.08. The molecule has 1 N–H and O–H groups in total. The van der Waals surface area contributed by atoms with Crippen molar-refractivity contribution in [1.82, 2.24) is 0 Å². The van der Waals surface area contributed by atoms with E-state index >= 15 is 0 Å². The first-order chi connectivity index (χ1) is 2.00. The maximum atomic E-state index is 9.58. The van der Waals surface area contributed by atoms with Crippen LogP contribution in [0.1, 0.15) is 0 Å². The van der Waals surface area contributed by atoms with Crippen LogP contribution in [0, 0.1) is 0 Å². The van der Waals surface area contributed by atoms with Gasteiger partial charge in [-0.2, -0.15) is 0 Å². The summed E-state index contributed by atoms with van der Waals surface area (Å²) in [5, 5.41) is 0. The Morgan fingerprint density at radius 1 is 2.00 bits per heavy atom. The van der Waals surface area contributed by atoms with Crippen molar-refractivity contribution >= 4 is 4.75 Å². The summed E-state index contributed by atoms with van der Waals surface area (Å²) in [5.41, 5.74) is 0. The van der Waals surface area contributed by atoms with Crippen LogP contribution in [0.3, 0.4) is 0 Å². The van der Waals surface area contributed by atoms with Crippen LogP contribution in [0.25, 0.3) is 0 Å². The maximum absolute atomic E-state index is 9.58. The molecule has 0 bridgehead atoms. The molecule has 0 rings (SSSR count). The molecule has 0 heterocycles. The summed E-state index contributed by atoms with van der Waals surface area (Å²) in [6.07, 6.45) is 0. The molecule has 0 fully saturated rings. The van der Waals surface area contributed by atoms with Crippen LogP contribution in [-0.2, 0) is 35.7 Å². The molecule has 0 saturated heterocycles. The van der Waals surface area contributed by atoms with Gasteiger partial charge in [0.2, 0.25) is 0 Å². The molecule has 0 spiro atoms. The summed E-state index contributed by atoms with van der Waals surface area (Å²) >= 11 is 5.17. The van der Waals surface area contributed by atoms with Crippen molar-refractivity contribution in [2.45, 2.75) is 0 Å². The van der Waals surface area contributed by atoms with E-state index in [2.05, 4.69) is 31.1 Å². The van der Waals surface area contributed by atoms with E-state index in [4.69, 9.17) is 4.89 Å². The first-order valence-electron chi connectivity index (χ1n) is 0.710. The Morgan fingerprint density at radius 3 is 2.00 bits per heavy atom. The average molecular weight is 175 g/mol. The second kappa shape index (κ2) is 1.79. The van der Waals surface area contributed by atoms with Crippen LogP contribution in [0.15, 0.2) is 0 Å². The fourth-order valence-corrected chi connectivity index (χ4v) is 0. The summed E-state index contributed by atoms with van der Waals surface area (Å²) in [6, 6.07) is 0. The Bertz CT molecular complexity index is 55.8. The molecule has 0 amide bonds. The standard InChI is InChI=1S/Fe.Mn.HO2P/c;;1-3-2/h;;(H,1,2). The van der Waals surface area contributed by atoms with Gasteiger partial charge in [-0.05, 0) is 0 Å². The Kier molecular flexibility index (Phi) is 2.23. The Hall–Kier alpha value is 1.23. The van der Waals surface area contributed by atoms with Crippen LogP contribution in [0.5, 0.6) is 0 Å².